The summed E-state index contributed by atoms with van der Waals surface area (Å²) in [5, 5.41) is 8.49. The molecule has 36 heavy (non-hydrogen) atoms. The summed E-state index contributed by atoms with van der Waals surface area (Å²) in [7, 11) is -2.50. The molecule has 4 rings (SSSR count). The minimum Gasteiger partial charge on any atom is -0.384 e. The average molecular weight is 519 g/mol. The molecule has 0 bridgehead atoms. The van der Waals surface area contributed by atoms with E-state index < -0.39 is 16.1 Å². The fraction of sp³-hybridized carbons (Fsp3) is 0.391. The molecule has 2 amide bonds. The van der Waals surface area contributed by atoms with Crippen molar-refractivity contribution in [3.63, 3.8) is 0 Å². The number of hydrogen-bond acceptors (Lipinski definition) is 9. The Labute approximate surface area is 209 Å². The molecule has 2 heterocycles. The van der Waals surface area contributed by atoms with Crippen LogP contribution in [-0.4, -0.2) is 89.0 Å². The van der Waals surface area contributed by atoms with Crippen molar-refractivity contribution in [1.82, 2.24) is 20.2 Å². The molecular formula is C23H30N6O6S. The number of methoxy groups -OCH3 is 1. The lowest BCUT2D eigenvalue weighted by molar-refractivity contribution is 0.0398. The molecule has 1 aliphatic heterocycles. The van der Waals surface area contributed by atoms with E-state index in [1.165, 1.54) is 24.3 Å². The summed E-state index contributed by atoms with van der Waals surface area (Å²) in [6.45, 7) is 5.72. The number of benzene rings is 2. The molecule has 2 aromatic carbocycles. The maximum Gasteiger partial charge on any atom is 0.339 e. The molecule has 1 aromatic heterocycles. The van der Waals surface area contributed by atoms with Crippen molar-refractivity contribution >= 4 is 38.8 Å². The van der Waals surface area contributed by atoms with Gasteiger partial charge in [-0.3, -0.25) is 10.2 Å². The van der Waals surface area contributed by atoms with Gasteiger partial charge in [-0.2, -0.15) is 8.42 Å². The van der Waals surface area contributed by atoms with Gasteiger partial charge in [-0.25, -0.2) is 9.78 Å². The van der Waals surface area contributed by atoms with Crippen LogP contribution in [0.4, 0.5) is 16.4 Å². The number of aromatic amines is 1. The van der Waals surface area contributed by atoms with Crippen LogP contribution >= 0.6 is 0 Å². The molecule has 13 heteroatoms. The second-order valence-electron chi connectivity index (χ2n) is 8.08. The van der Waals surface area contributed by atoms with E-state index in [1.807, 2.05) is 0 Å². The van der Waals surface area contributed by atoms with E-state index in [0.717, 1.165) is 45.1 Å². The van der Waals surface area contributed by atoms with Crippen molar-refractivity contribution in [2.24, 2.45) is 0 Å². The highest BCUT2D eigenvalue weighted by Gasteiger charge is 2.18. The number of morpholine rings is 1. The summed E-state index contributed by atoms with van der Waals surface area (Å²) >= 11 is 0. The molecule has 194 valence electrons. The number of fused-ring (bicyclic) bond motifs is 1. The fourth-order valence-electron chi connectivity index (χ4n) is 3.61. The first-order valence-corrected chi connectivity index (χ1v) is 13.0. The number of carbonyl (C=O) groups is 1. The van der Waals surface area contributed by atoms with E-state index in [1.54, 1.807) is 25.3 Å². The molecule has 0 unspecified atom stereocenters. The monoisotopic (exact) mass is 518 g/mol. The Morgan fingerprint density at radius 2 is 1.92 bits per heavy atom. The first-order chi connectivity index (χ1) is 17.4. The SMILES string of the molecule is COCCNC(=O)Nc1nc2cc(OS(=O)(=O)c3ccc(NCCN4CCOCC4)cc3)ccc2[nH]1. The van der Waals surface area contributed by atoms with Crippen molar-refractivity contribution < 1.29 is 26.9 Å². The van der Waals surface area contributed by atoms with E-state index in [-0.39, 0.29) is 16.6 Å². The van der Waals surface area contributed by atoms with Gasteiger partial charge in [0.05, 0.1) is 30.9 Å². The topological polar surface area (TPSA) is 147 Å². The van der Waals surface area contributed by atoms with Crippen LogP contribution in [0.5, 0.6) is 5.75 Å². The number of ether oxygens (including phenoxy) is 2. The van der Waals surface area contributed by atoms with Crippen LogP contribution < -0.4 is 20.1 Å². The molecule has 0 saturated carbocycles. The van der Waals surface area contributed by atoms with Crippen molar-refractivity contribution in [2.45, 2.75) is 4.90 Å². The number of imidazole rings is 1. The Kier molecular flexibility index (Phi) is 8.59. The van der Waals surface area contributed by atoms with Crippen molar-refractivity contribution in [3.8, 4) is 5.75 Å². The number of amides is 2. The standard InChI is InChI=1S/C23H30N6O6S/c1-33-13-9-25-23(30)28-22-26-20-7-4-18(16-21(20)27-22)35-36(31,32)19-5-2-17(3-6-19)24-8-10-29-11-14-34-15-12-29/h2-7,16,24H,8-15H2,1H3,(H3,25,26,27,28,30). The third kappa shape index (κ3) is 7.07. The predicted octanol–water partition coefficient (Wildman–Crippen LogP) is 1.84. The first-order valence-electron chi connectivity index (χ1n) is 11.5. The quantitative estimate of drug-likeness (QED) is 0.220. The largest absolute Gasteiger partial charge is 0.384 e. The maximum absolute atomic E-state index is 12.8. The zero-order chi connectivity index (χ0) is 25.4. The summed E-state index contributed by atoms with van der Waals surface area (Å²) in [6, 6.07) is 10.6. The molecule has 0 spiro atoms. The highest BCUT2D eigenvalue weighted by molar-refractivity contribution is 7.87. The molecule has 0 aliphatic carbocycles. The van der Waals surface area contributed by atoms with Gasteiger partial charge in [0, 0.05) is 51.6 Å². The number of H-pyrrole nitrogens is 1. The Morgan fingerprint density at radius 3 is 2.67 bits per heavy atom. The zero-order valence-electron chi connectivity index (χ0n) is 20.0. The Morgan fingerprint density at radius 1 is 1.14 bits per heavy atom. The smallest absolute Gasteiger partial charge is 0.339 e. The van der Waals surface area contributed by atoms with E-state index in [0.29, 0.717) is 24.2 Å². The number of anilines is 2. The van der Waals surface area contributed by atoms with Gasteiger partial charge in [-0.15, -0.1) is 0 Å². The minimum absolute atomic E-state index is 0.0402. The van der Waals surface area contributed by atoms with E-state index >= 15 is 0 Å². The normalized spacial score (nSPS) is 14.5. The van der Waals surface area contributed by atoms with Crippen LogP contribution in [-0.2, 0) is 19.6 Å². The first kappa shape index (κ1) is 25.7. The molecule has 1 fully saturated rings. The molecule has 0 radical (unpaired) electrons. The van der Waals surface area contributed by atoms with Crippen LogP contribution in [0.25, 0.3) is 11.0 Å². The Hall–Kier alpha value is -3.39. The van der Waals surface area contributed by atoms with Crippen molar-refractivity contribution in [1.29, 1.82) is 0 Å². The lowest BCUT2D eigenvalue weighted by Crippen LogP contribution is -2.38. The summed E-state index contributed by atoms with van der Waals surface area (Å²) in [4.78, 5) is 21.4. The number of aromatic nitrogens is 2. The van der Waals surface area contributed by atoms with Crippen LogP contribution in [0.1, 0.15) is 0 Å². The Balaban J connectivity index is 1.33. The number of urea groups is 1. The third-order valence-electron chi connectivity index (χ3n) is 5.49. The number of carbonyl (C=O) groups excluding carboxylic acids is 1. The minimum atomic E-state index is -4.04. The molecule has 0 atom stereocenters. The molecular weight excluding hydrogens is 488 g/mol. The van der Waals surface area contributed by atoms with Gasteiger partial charge >= 0.3 is 16.1 Å². The average Bonchev–Trinajstić information content (AvgIpc) is 3.26. The molecule has 12 nitrogen and oxygen atoms in total. The second-order valence-corrected chi connectivity index (χ2v) is 9.63. The lowest BCUT2D eigenvalue weighted by atomic mass is 10.3. The summed E-state index contributed by atoms with van der Waals surface area (Å²) in [5.41, 5.74) is 1.88. The van der Waals surface area contributed by atoms with Gasteiger partial charge in [0.25, 0.3) is 0 Å². The van der Waals surface area contributed by atoms with Crippen molar-refractivity contribution in [2.75, 3.05) is 70.3 Å². The number of nitrogens with zero attached hydrogens (tertiary/aromatic N) is 2. The van der Waals surface area contributed by atoms with Gasteiger partial charge in [0.2, 0.25) is 5.95 Å². The van der Waals surface area contributed by atoms with Gasteiger partial charge in [0.15, 0.2) is 0 Å². The zero-order valence-corrected chi connectivity index (χ0v) is 20.8. The van der Waals surface area contributed by atoms with Crippen LogP contribution in [0, 0.1) is 0 Å². The van der Waals surface area contributed by atoms with Gasteiger partial charge in [0.1, 0.15) is 10.6 Å². The number of nitrogens with one attached hydrogen (secondary N) is 4. The highest BCUT2D eigenvalue weighted by Crippen LogP contribution is 2.24. The van der Waals surface area contributed by atoms with Crippen LogP contribution in [0.2, 0.25) is 0 Å². The summed E-state index contributed by atoms with van der Waals surface area (Å²) in [5.74, 6) is 0.328. The number of hydrogen-bond donors (Lipinski definition) is 4. The molecule has 4 N–H and O–H groups in total. The summed E-state index contributed by atoms with van der Waals surface area (Å²) < 4.78 is 41.1. The molecule has 3 aromatic rings. The Bertz CT molecular complexity index is 1260. The van der Waals surface area contributed by atoms with Gasteiger partial charge in [-0.1, -0.05) is 0 Å². The van der Waals surface area contributed by atoms with Crippen molar-refractivity contribution in [3.05, 3.63) is 42.5 Å². The van der Waals surface area contributed by atoms with E-state index in [4.69, 9.17) is 13.7 Å². The lowest BCUT2D eigenvalue weighted by Gasteiger charge is -2.26. The predicted molar refractivity (Wildman–Crippen MR) is 135 cm³/mol. The third-order valence-corrected chi connectivity index (χ3v) is 6.75. The summed E-state index contributed by atoms with van der Waals surface area (Å²) in [6.07, 6.45) is 0. The van der Waals surface area contributed by atoms with Gasteiger partial charge in [-0.05, 0) is 36.4 Å². The molecule has 1 saturated heterocycles. The van der Waals surface area contributed by atoms with Gasteiger partial charge < -0.3 is 29.3 Å². The van der Waals surface area contributed by atoms with E-state index in [2.05, 4.69) is 30.8 Å². The molecule has 1 aliphatic rings. The maximum atomic E-state index is 12.8. The van der Waals surface area contributed by atoms with Crippen LogP contribution in [0.15, 0.2) is 47.4 Å². The number of rotatable bonds is 11. The van der Waals surface area contributed by atoms with E-state index in [9.17, 15) is 13.2 Å². The van der Waals surface area contributed by atoms with Crippen LogP contribution in [0.3, 0.4) is 0 Å². The second kappa shape index (κ2) is 12.0. The highest BCUT2D eigenvalue weighted by atomic mass is 32.2. The fourth-order valence-corrected chi connectivity index (χ4v) is 4.54.